The van der Waals surface area contributed by atoms with Crippen molar-refractivity contribution >= 4 is 29.0 Å². The molecule has 4 rings (SSSR count). The third kappa shape index (κ3) is 5.28. The lowest BCUT2D eigenvalue weighted by Gasteiger charge is -2.38. The van der Waals surface area contributed by atoms with E-state index in [9.17, 15) is 18.0 Å². The molecule has 184 valence electrons. The molecule has 2 aliphatic rings. The molecule has 0 saturated heterocycles. The number of fused-ring (bicyclic) bond motifs is 1. The first-order valence-corrected chi connectivity index (χ1v) is 11.3. The zero-order valence-corrected chi connectivity index (χ0v) is 19.4. The summed E-state index contributed by atoms with van der Waals surface area (Å²) in [4.78, 5) is 22.8. The minimum atomic E-state index is -4.43. The molecule has 8 nitrogen and oxygen atoms in total. The second-order valence-electron chi connectivity index (χ2n) is 9.89. The highest BCUT2D eigenvalue weighted by molar-refractivity contribution is 5.77. The molecule has 1 saturated carbocycles. The number of nitrogens with one attached hydrogen (secondary N) is 3. The minimum Gasteiger partial charge on any atom is -0.369 e. The van der Waals surface area contributed by atoms with Gasteiger partial charge in [0.25, 0.3) is 0 Å². The van der Waals surface area contributed by atoms with Gasteiger partial charge in [-0.05, 0) is 64.7 Å². The normalized spacial score (nSPS) is 22.6. The molecular formula is C23H30F3N7O. The summed E-state index contributed by atoms with van der Waals surface area (Å²) < 4.78 is 39.7. The van der Waals surface area contributed by atoms with Gasteiger partial charge in [0.2, 0.25) is 11.9 Å². The molecule has 2 heterocycles. The third-order valence-corrected chi connectivity index (χ3v) is 6.06. The summed E-state index contributed by atoms with van der Waals surface area (Å²) in [5.41, 5.74) is 5.54. The molecule has 0 spiro atoms. The topological polar surface area (TPSA) is 108 Å². The van der Waals surface area contributed by atoms with Crippen molar-refractivity contribution in [3.05, 3.63) is 36.0 Å². The lowest BCUT2D eigenvalue weighted by Crippen LogP contribution is -2.50. The van der Waals surface area contributed by atoms with Crippen molar-refractivity contribution in [3.8, 4) is 0 Å². The van der Waals surface area contributed by atoms with Crippen molar-refractivity contribution in [1.82, 2.24) is 9.97 Å². The van der Waals surface area contributed by atoms with E-state index in [1.165, 1.54) is 6.07 Å². The Morgan fingerprint density at radius 2 is 1.88 bits per heavy atom. The smallest absolute Gasteiger partial charge is 0.369 e. The van der Waals surface area contributed by atoms with Crippen molar-refractivity contribution in [2.45, 2.75) is 70.5 Å². The Bertz CT molecular complexity index is 1050. The van der Waals surface area contributed by atoms with Gasteiger partial charge in [0.15, 0.2) is 12.1 Å². The Morgan fingerprint density at radius 3 is 2.50 bits per heavy atom. The molecule has 1 atom stereocenters. The number of aromatic nitrogens is 2. The van der Waals surface area contributed by atoms with Crippen LogP contribution < -0.4 is 26.6 Å². The van der Waals surface area contributed by atoms with Crippen molar-refractivity contribution in [2.24, 2.45) is 11.7 Å². The Balaban J connectivity index is 1.63. The first-order valence-electron chi connectivity index (χ1n) is 11.3. The van der Waals surface area contributed by atoms with E-state index >= 15 is 0 Å². The Morgan fingerprint density at radius 1 is 1.18 bits per heavy atom. The number of nitrogens with zero attached hydrogens (tertiary/aromatic N) is 3. The molecule has 0 radical (unpaired) electrons. The fourth-order valence-corrected chi connectivity index (χ4v) is 4.48. The predicted molar refractivity (Wildman–Crippen MR) is 125 cm³/mol. The number of primary amides is 1. The zero-order valence-electron chi connectivity index (χ0n) is 19.4. The maximum atomic E-state index is 13.2. The summed E-state index contributed by atoms with van der Waals surface area (Å²) in [6.45, 7) is 6.01. The number of carbonyl (C=O) groups is 1. The Kier molecular flexibility index (Phi) is 6.22. The van der Waals surface area contributed by atoms with Gasteiger partial charge in [-0.2, -0.15) is 18.2 Å². The van der Waals surface area contributed by atoms with Crippen LogP contribution >= 0.6 is 0 Å². The first-order chi connectivity index (χ1) is 15.9. The molecule has 1 aromatic carbocycles. The molecule has 5 N–H and O–H groups in total. The van der Waals surface area contributed by atoms with Crippen LogP contribution in [0.2, 0.25) is 0 Å². The van der Waals surface area contributed by atoms with Crippen LogP contribution in [0.4, 0.5) is 36.3 Å². The molecule has 1 unspecified atom stereocenters. The SMILES string of the molecule is CC(C)(C)Nc1ncc2c(n1)N([C@H]1CC[C@H](C(N)=O)CC1)C(Nc1cccc(C(F)(F)F)c1)N2. The van der Waals surface area contributed by atoms with Crippen molar-refractivity contribution in [1.29, 1.82) is 0 Å². The number of carbonyl (C=O) groups excluding carboxylic acids is 1. The van der Waals surface area contributed by atoms with E-state index in [-0.39, 0.29) is 23.4 Å². The summed E-state index contributed by atoms with van der Waals surface area (Å²) in [6.07, 6.45) is -0.571. The van der Waals surface area contributed by atoms with Crippen LogP contribution in [-0.4, -0.2) is 33.7 Å². The van der Waals surface area contributed by atoms with Gasteiger partial charge in [-0.15, -0.1) is 0 Å². The van der Waals surface area contributed by atoms with E-state index in [1.54, 1.807) is 12.3 Å². The number of hydrogen-bond donors (Lipinski definition) is 4. The zero-order chi connectivity index (χ0) is 24.7. The van der Waals surface area contributed by atoms with Gasteiger partial charge in [0, 0.05) is 23.2 Å². The quantitative estimate of drug-likeness (QED) is 0.506. The number of amides is 1. The monoisotopic (exact) mass is 477 g/mol. The molecular weight excluding hydrogens is 447 g/mol. The maximum Gasteiger partial charge on any atom is 0.416 e. The highest BCUT2D eigenvalue weighted by Gasteiger charge is 2.39. The number of rotatable bonds is 5. The van der Waals surface area contributed by atoms with Gasteiger partial charge in [0.05, 0.1) is 17.4 Å². The minimum absolute atomic E-state index is 0.0186. The standard InChI is InChI=1S/C23H30F3N7O/c1-22(2,3)32-20-28-12-17-19(31-20)33(16-9-7-13(8-10-16)18(27)34)21(30-17)29-15-6-4-5-14(11-15)23(24,25)26/h4-6,11-13,16,21,29-30H,7-10H2,1-3H3,(H2,27,34)(H,28,31,32)/t13-,16-,21?. The molecule has 1 fully saturated rings. The van der Waals surface area contributed by atoms with Gasteiger partial charge in [0.1, 0.15) is 0 Å². The third-order valence-electron chi connectivity index (χ3n) is 6.06. The number of hydrogen-bond acceptors (Lipinski definition) is 7. The molecule has 34 heavy (non-hydrogen) atoms. The molecule has 1 aromatic heterocycles. The number of benzene rings is 1. The fraction of sp³-hybridized carbons (Fsp3) is 0.522. The Labute approximate surface area is 196 Å². The van der Waals surface area contributed by atoms with E-state index in [0.717, 1.165) is 12.1 Å². The second kappa shape index (κ2) is 8.84. The highest BCUT2D eigenvalue weighted by atomic mass is 19.4. The van der Waals surface area contributed by atoms with E-state index in [4.69, 9.17) is 10.7 Å². The van der Waals surface area contributed by atoms with Crippen molar-refractivity contribution in [3.63, 3.8) is 0 Å². The van der Waals surface area contributed by atoms with Gasteiger partial charge in [-0.1, -0.05) is 6.07 Å². The summed E-state index contributed by atoms with van der Waals surface area (Å²) >= 11 is 0. The van der Waals surface area contributed by atoms with Crippen LogP contribution in [0.15, 0.2) is 30.5 Å². The van der Waals surface area contributed by atoms with E-state index < -0.39 is 18.0 Å². The van der Waals surface area contributed by atoms with Gasteiger partial charge < -0.3 is 26.6 Å². The summed E-state index contributed by atoms with van der Waals surface area (Å²) in [5.74, 6) is 0.665. The first kappa shape index (κ1) is 23.9. The summed E-state index contributed by atoms with van der Waals surface area (Å²) in [5, 5.41) is 9.75. The molecule has 1 amide bonds. The number of nitrogens with two attached hydrogens (primary N) is 1. The van der Waals surface area contributed by atoms with E-state index in [0.29, 0.717) is 48.8 Å². The van der Waals surface area contributed by atoms with E-state index in [1.807, 2.05) is 25.7 Å². The number of halogens is 3. The summed E-state index contributed by atoms with van der Waals surface area (Å²) in [7, 11) is 0. The maximum absolute atomic E-state index is 13.2. The van der Waals surface area contributed by atoms with Gasteiger partial charge in [-0.3, -0.25) is 4.79 Å². The van der Waals surface area contributed by atoms with Crippen LogP contribution in [0, 0.1) is 5.92 Å². The molecule has 11 heteroatoms. The van der Waals surface area contributed by atoms with Crippen LogP contribution in [0.5, 0.6) is 0 Å². The second-order valence-corrected chi connectivity index (χ2v) is 9.89. The predicted octanol–water partition coefficient (Wildman–Crippen LogP) is 4.38. The average Bonchev–Trinajstić information content (AvgIpc) is 3.09. The van der Waals surface area contributed by atoms with Crippen LogP contribution in [0.25, 0.3) is 0 Å². The molecule has 2 aromatic rings. The molecule has 0 bridgehead atoms. The van der Waals surface area contributed by atoms with Crippen molar-refractivity contribution in [2.75, 3.05) is 20.9 Å². The van der Waals surface area contributed by atoms with Gasteiger partial charge in [-0.25, -0.2) is 4.98 Å². The van der Waals surface area contributed by atoms with Crippen LogP contribution in [0.3, 0.4) is 0 Å². The van der Waals surface area contributed by atoms with Crippen LogP contribution in [0.1, 0.15) is 52.0 Å². The number of anilines is 4. The average molecular weight is 478 g/mol. The van der Waals surface area contributed by atoms with Crippen LogP contribution in [-0.2, 0) is 11.0 Å². The lowest BCUT2D eigenvalue weighted by atomic mass is 9.85. The molecule has 1 aliphatic carbocycles. The largest absolute Gasteiger partial charge is 0.416 e. The summed E-state index contributed by atoms with van der Waals surface area (Å²) in [6, 6.07) is 5.12. The molecule has 1 aliphatic heterocycles. The Hall–Kier alpha value is -3.24. The highest BCUT2D eigenvalue weighted by Crippen LogP contribution is 2.40. The number of alkyl halides is 3. The van der Waals surface area contributed by atoms with Crippen molar-refractivity contribution < 1.29 is 18.0 Å². The van der Waals surface area contributed by atoms with E-state index in [2.05, 4.69) is 20.9 Å². The van der Waals surface area contributed by atoms with Gasteiger partial charge >= 0.3 is 6.18 Å². The fourth-order valence-electron chi connectivity index (χ4n) is 4.48. The lowest BCUT2D eigenvalue weighted by molar-refractivity contribution is -0.137.